The fraction of sp³-hybridized carbons (Fsp3) is 0.500. The lowest BCUT2D eigenvalue weighted by molar-refractivity contribution is -0.135. The molecule has 61 heavy (non-hydrogen) atoms. The van der Waals surface area contributed by atoms with Crippen molar-refractivity contribution in [2.75, 3.05) is 42.9 Å². The molecule has 5 aromatic rings. The van der Waals surface area contributed by atoms with Crippen LogP contribution >= 0.6 is 11.3 Å². The lowest BCUT2D eigenvalue weighted by Gasteiger charge is -2.48. The first-order valence-electron chi connectivity index (χ1n) is 21.6. The number of nitriles is 1. The van der Waals surface area contributed by atoms with Crippen molar-refractivity contribution in [1.29, 1.82) is 5.26 Å². The van der Waals surface area contributed by atoms with Gasteiger partial charge in [0.1, 0.15) is 12.1 Å². The Morgan fingerprint density at radius 2 is 1.75 bits per heavy atom. The van der Waals surface area contributed by atoms with Crippen LogP contribution in [0.2, 0.25) is 0 Å². The Balaban J connectivity index is 0.790. The number of aryl methyl sites for hydroxylation is 1. The molecule has 4 aliphatic rings. The van der Waals surface area contributed by atoms with Gasteiger partial charge in [0.2, 0.25) is 11.8 Å². The number of anilines is 2. The van der Waals surface area contributed by atoms with Gasteiger partial charge in [0.05, 0.1) is 48.7 Å². The number of fused-ring (bicyclic) bond motifs is 2. The van der Waals surface area contributed by atoms with Gasteiger partial charge in [-0.3, -0.25) is 33.8 Å². The number of hydrogen-bond acceptors (Lipinski definition) is 11. The topological polar surface area (TPSA) is 178 Å². The number of piperidine rings is 3. The van der Waals surface area contributed by atoms with E-state index in [0.29, 0.717) is 40.5 Å². The average Bonchev–Trinajstić information content (AvgIpc) is 3.79. The summed E-state index contributed by atoms with van der Waals surface area (Å²) >= 11 is 1.67. The van der Waals surface area contributed by atoms with E-state index >= 15 is 0 Å². The van der Waals surface area contributed by atoms with Gasteiger partial charge in [0.15, 0.2) is 0 Å². The summed E-state index contributed by atoms with van der Waals surface area (Å²) in [5, 5.41) is 26.8. The molecule has 0 bridgehead atoms. The molecule has 1 saturated carbocycles. The molecule has 318 valence electrons. The number of likely N-dealkylation sites (tertiary alicyclic amines) is 1. The Morgan fingerprint density at radius 3 is 2.46 bits per heavy atom. The number of amides is 3. The van der Waals surface area contributed by atoms with E-state index in [0.717, 1.165) is 90.4 Å². The number of rotatable bonds is 8. The summed E-state index contributed by atoms with van der Waals surface area (Å²) in [5.41, 5.74) is 3.99. The second-order valence-electron chi connectivity index (χ2n) is 18.3. The van der Waals surface area contributed by atoms with Gasteiger partial charge in [0, 0.05) is 62.7 Å². The monoisotopic (exact) mass is 843 g/mol. The molecule has 1 aliphatic carbocycles. The number of pyridine rings is 1. The van der Waals surface area contributed by atoms with Crippen LogP contribution in [-0.2, 0) is 22.2 Å². The number of aromatic nitrogens is 4. The van der Waals surface area contributed by atoms with Crippen LogP contribution < -0.4 is 21.2 Å². The highest BCUT2D eigenvalue weighted by atomic mass is 32.1. The van der Waals surface area contributed by atoms with Crippen molar-refractivity contribution in [3.63, 3.8) is 0 Å². The molecule has 14 nitrogen and oxygen atoms in total. The molecule has 1 spiro atoms. The zero-order valence-corrected chi connectivity index (χ0v) is 35.9. The Labute approximate surface area is 358 Å². The predicted octanol–water partition coefficient (Wildman–Crippen LogP) is 6.33. The van der Waals surface area contributed by atoms with Gasteiger partial charge in [0.25, 0.3) is 5.91 Å². The van der Waals surface area contributed by atoms with E-state index in [1.807, 2.05) is 30.3 Å². The second-order valence-corrected chi connectivity index (χ2v) is 19.4. The molecular formula is C46H53N9O5S. The third kappa shape index (κ3) is 7.97. The number of nitrogens with one attached hydrogen (secondary N) is 2. The molecule has 9 rings (SSSR count). The molecule has 3 aromatic heterocycles. The van der Waals surface area contributed by atoms with Crippen molar-refractivity contribution in [3.8, 4) is 6.07 Å². The number of aliphatic hydroxyl groups is 1. The molecule has 4 fully saturated rings. The second kappa shape index (κ2) is 16.1. The summed E-state index contributed by atoms with van der Waals surface area (Å²) < 4.78 is 4.20. The number of hydrogen-bond donors (Lipinski definition) is 3. The van der Waals surface area contributed by atoms with Gasteiger partial charge in [-0.05, 0) is 126 Å². The molecule has 3 aliphatic heterocycles. The van der Waals surface area contributed by atoms with Crippen LogP contribution in [0.1, 0.15) is 117 Å². The standard InChI is InChI=1S/C46H53N9O5S/c1-45(2,60)32-22-34-38(23-33(32)49-41(57)31-21-29(24-47)25-48-26-31)61-43(50-34)30-9-7-28(8-10-30)27-53-17-13-46(14-18-53)15-19-54(20-16-46)35-5-4-6-36-40(35)52(3)44(59)55(36)37-11-12-39(56)51-42(37)58/h4-6,21-23,25-26,28,30,37,60H,7-20,27H2,1-3H3,(H,49,57)(H,51,56,58)/t28-,30-,37?. The van der Waals surface area contributed by atoms with Gasteiger partial charge in [-0.2, -0.15) is 5.26 Å². The number of benzene rings is 2. The Hall–Kier alpha value is -5.43. The fourth-order valence-corrected chi connectivity index (χ4v) is 11.5. The van der Waals surface area contributed by atoms with Crippen molar-refractivity contribution in [2.45, 2.75) is 95.6 Å². The van der Waals surface area contributed by atoms with E-state index in [4.69, 9.17) is 4.98 Å². The molecule has 6 heterocycles. The van der Waals surface area contributed by atoms with E-state index in [1.54, 1.807) is 41.4 Å². The highest BCUT2D eigenvalue weighted by molar-refractivity contribution is 7.18. The van der Waals surface area contributed by atoms with Crippen molar-refractivity contribution in [2.24, 2.45) is 18.4 Å². The van der Waals surface area contributed by atoms with Crippen molar-refractivity contribution >= 4 is 61.7 Å². The van der Waals surface area contributed by atoms with Crippen LogP contribution in [0.3, 0.4) is 0 Å². The molecule has 2 aromatic carbocycles. The molecule has 1 unspecified atom stereocenters. The summed E-state index contributed by atoms with van der Waals surface area (Å²) in [6, 6.07) is 12.6. The van der Waals surface area contributed by atoms with Crippen molar-refractivity contribution in [1.82, 2.24) is 29.3 Å². The summed E-state index contributed by atoms with van der Waals surface area (Å²) in [5.74, 6) is -0.0499. The Morgan fingerprint density at radius 1 is 1.02 bits per heavy atom. The van der Waals surface area contributed by atoms with E-state index in [-0.39, 0.29) is 23.6 Å². The summed E-state index contributed by atoms with van der Waals surface area (Å²) in [7, 11) is 1.78. The normalized spacial score (nSPS) is 22.4. The fourth-order valence-electron chi connectivity index (χ4n) is 10.4. The summed E-state index contributed by atoms with van der Waals surface area (Å²) in [6.07, 6.45) is 12.6. The maximum absolute atomic E-state index is 13.5. The quantitative estimate of drug-likeness (QED) is 0.150. The van der Waals surface area contributed by atoms with Crippen LogP contribution in [-0.4, -0.2) is 79.6 Å². The zero-order chi connectivity index (χ0) is 42.6. The number of carbonyl (C=O) groups excluding carboxylic acids is 3. The highest BCUT2D eigenvalue weighted by Gasteiger charge is 2.39. The van der Waals surface area contributed by atoms with Gasteiger partial charge in [-0.25, -0.2) is 9.78 Å². The lowest BCUT2D eigenvalue weighted by Crippen LogP contribution is -2.48. The van der Waals surface area contributed by atoms with Crippen molar-refractivity contribution < 1.29 is 19.5 Å². The van der Waals surface area contributed by atoms with Crippen LogP contribution in [0, 0.1) is 22.7 Å². The lowest BCUT2D eigenvalue weighted by atomic mass is 9.71. The van der Waals surface area contributed by atoms with E-state index in [1.165, 1.54) is 44.1 Å². The van der Waals surface area contributed by atoms with Gasteiger partial charge >= 0.3 is 5.69 Å². The number of imidazole rings is 1. The summed E-state index contributed by atoms with van der Waals surface area (Å²) in [6.45, 7) is 8.64. The summed E-state index contributed by atoms with van der Waals surface area (Å²) in [4.78, 5) is 65.5. The SMILES string of the molecule is Cn1c(=O)n(C2CCC(=O)NC2=O)c2cccc(N3CCC4(CCN(C[C@H]5CC[C@H](c6nc7cc(C(C)(C)O)c(NC(=O)c8cncc(C#N)c8)cc7s6)CC5)CC4)CC3)c21. The number of carbonyl (C=O) groups is 3. The molecule has 3 N–H and O–H groups in total. The first kappa shape index (κ1) is 40.9. The minimum absolute atomic E-state index is 0.221. The number of imide groups is 1. The van der Waals surface area contributed by atoms with Crippen LogP contribution in [0.4, 0.5) is 11.4 Å². The Bertz CT molecular complexity index is 2630. The van der Waals surface area contributed by atoms with E-state index in [2.05, 4.69) is 31.5 Å². The van der Waals surface area contributed by atoms with Crippen LogP contribution in [0.25, 0.3) is 21.3 Å². The number of thiazole rings is 1. The Kier molecular flexibility index (Phi) is 10.8. The molecule has 3 saturated heterocycles. The highest BCUT2D eigenvalue weighted by Crippen LogP contribution is 2.45. The third-order valence-corrected chi connectivity index (χ3v) is 15.2. The number of nitrogens with zero attached hydrogens (tertiary/aromatic N) is 7. The van der Waals surface area contributed by atoms with E-state index < -0.39 is 23.5 Å². The largest absolute Gasteiger partial charge is 0.386 e. The van der Waals surface area contributed by atoms with E-state index in [9.17, 15) is 29.5 Å². The molecule has 15 heteroatoms. The maximum Gasteiger partial charge on any atom is 0.329 e. The predicted molar refractivity (Wildman–Crippen MR) is 235 cm³/mol. The molecule has 1 atom stereocenters. The third-order valence-electron chi connectivity index (χ3n) is 14.0. The van der Waals surface area contributed by atoms with Crippen LogP contribution in [0.15, 0.2) is 53.6 Å². The smallest absolute Gasteiger partial charge is 0.329 e. The molecule has 0 radical (unpaired) electrons. The minimum Gasteiger partial charge on any atom is -0.386 e. The maximum atomic E-state index is 13.5. The van der Waals surface area contributed by atoms with Gasteiger partial charge in [-0.15, -0.1) is 11.3 Å². The molecule has 3 amide bonds. The minimum atomic E-state index is -1.22. The van der Waals surface area contributed by atoms with Crippen LogP contribution in [0.5, 0.6) is 0 Å². The number of para-hydroxylation sites is 1. The van der Waals surface area contributed by atoms with Crippen molar-refractivity contribution in [3.05, 3.63) is 81.0 Å². The van der Waals surface area contributed by atoms with Gasteiger partial charge < -0.3 is 20.2 Å². The first-order chi connectivity index (χ1) is 29.3. The average molecular weight is 844 g/mol. The van der Waals surface area contributed by atoms with Gasteiger partial charge in [-0.1, -0.05) is 6.07 Å². The zero-order valence-electron chi connectivity index (χ0n) is 35.1. The first-order valence-corrected chi connectivity index (χ1v) is 22.5. The molecular weight excluding hydrogens is 791 g/mol.